The first-order valence-corrected chi connectivity index (χ1v) is 3.98. The van der Waals surface area contributed by atoms with Crippen molar-refractivity contribution in [3.05, 3.63) is 15.8 Å². The molecule has 3 heteroatoms. The molecule has 1 aromatic heterocycles. The van der Waals surface area contributed by atoms with Crippen LogP contribution in [-0.4, -0.2) is 12.9 Å². The molecule has 0 amide bonds. The number of ether oxygens (including phenoxy) is 1. The van der Waals surface area contributed by atoms with Crippen molar-refractivity contribution in [2.24, 2.45) is 0 Å². The van der Waals surface area contributed by atoms with Gasteiger partial charge in [-0.3, -0.25) is 4.79 Å². The largest absolute Gasteiger partial charge is 0.491 e. The second kappa shape index (κ2) is 2.09. The Balaban J connectivity index is 2.53. The number of rotatable bonds is 1. The maximum atomic E-state index is 10.4. The van der Waals surface area contributed by atoms with Crippen molar-refractivity contribution < 1.29 is 9.53 Å². The van der Waals surface area contributed by atoms with Gasteiger partial charge in [-0.25, -0.2) is 0 Å². The van der Waals surface area contributed by atoms with Crippen LogP contribution in [0.3, 0.4) is 0 Å². The minimum absolute atomic E-state index is 0.729. The summed E-state index contributed by atoms with van der Waals surface area (Å²) in [5, 5.41) is 1.99. The van der Waals surface area contributed by atoms with E-state index in [-0.39, 0.29) is 0 Å². The van der Waals surface area contributed by atoms with E-state index in [0.29, 0.717) is 0 Å². The normalized spacial score (nSPS) is 14.4. The topological polar surface area (TPSA) is 26.3 Å². The summed E-state index contributed by atoms with van der Waals surface area (Å²) in [7, 11) is 0. The first kappa shape index (κ1) is 5.92. The molecule has 0 unspecified atom stereocenters. The molecule has 0 aliphatic carbocycles. The summed E-state index contributed by atoms with van der Waals surface area (Å²) in [6.45, 7) is 0.735. The molecule has 0 bridgehead atoms. The molecular formula is C7H6O2S. The lowest BCUT2D eigenvalue weighted by Crippen LogP contribution is -1.88. The van der Waals surface area contributed by atoms with Crippen molar-refractivity contribution in [1.82, 2.24) is 0 Å². The van der Waals surface area contributed by atoms with Crippen molar-refractivity contribution in [2.75, 3.05) is 6.61 Å². The first-order chi connectivity index (χ1) is 4.92. The standard InChI is InChI=1S/C7H6O2S/c8-3-6-7-5(4-10-6)1-2-9-7/h3-4H,1-2H2. The molecule has 0 saturated carbocycles. The molecule has 0 radical (unpaired) electrons. The molecule has 0 fully saturated rings. The molecule has 10 heavy (non-hydrogen) atoms. The average Bonchev–Trinajstić information content (AvgIpc) is 2.44. The van der Waals surface area contributed by atoms with Gasteiger partial charge in [0.05, 0.1) is 6.61 Å². The predicted octanol–water partition coefficient (Wildman–Crippen LogP) is 1.50. The van der Waals surface area contributed by atoms with Gasteiger partial charge >= 0.3 is 0 Å². The maximum absolute atomic E-state index is 10.4. The molecule has 0 N–H and O–H groups in total. The summed E-state index contributed by atoms with van der Waals surface area (Å²) in [5.41, 5.74) is 1.19. The zero-order valence-electron chi connectivity index (χ0n) is 5.29. The highest BCUT2D eigenvalue weighted by molar-refractivity contribution is 7.12. The van der Waals surface area contributed by atoms with E-state index in [0.717, 1.165) is 29.9 Å². The van der Waals surface area contributed by atoms with Crippen LogP contribution < -0.4 is 4.74 Å². The van der Waals surface area contributed by atoms with Crippen LogP contribution in [0.5, 0.6) is 5.75 Å². The van der Waals surface area contributed by atoms with Crippen LogP contribution >= 0.6 is 11.3 Å². The average molecular weight is 154 g/mol. The Labute approximate surface area is 62.4 Å². The lowest BCUT2D eigenvalue weighted by atomic mass is 10.2. The number of carbonyl (C=O) groups excluding carboxylic acids is 1. The summed E-state index contributed by atoms with van der Waals surface area (Å²) < 4.78 is 5.24. The summed E-state index contributed by atoms with van der Waals surface area (Å²) in [5.74, 6) is 0.819. The monoisotopic (exact) mass is 154 g/mol. The Morgan fingerprint density at radius 2 is 2.60 bits per heavy atom. The Kier molecular flexibility index (Phi) is 1.24. The van der Waals surface area contributed by atoms with Crippen LogP contribution in [0.2, 0.25) is 0 Å². The van der Waals surface area contributed by atoms with Gasteiger partial charge < -0.3 is 4.74 Å². The first-order valence-electron chi connectivity index (χ1n) is 3.10. The van der Waals surface area contributed by atoms with E-state index in [1.807, 2.05) is 5.38 Å². The fourth-order valence-corrected chi connectivity index (χ4v) is 1.93. The van der Waals surface area contributed by atoms with E-state index in [2.05, 4.69) is 0 Å². The Morgan fingerprint density at radius 1 is 1.70 bits per heavy atom. The Hall–Kier alpha value is -0.830. The smallest absolute Gasteiger partial charge is 0.163 e. The van der Waals surface area contributed by atoms with Gasteiger partial charge in [-0.2, -0.15) is 0 Å². The van der Waals surface area contributed by atoms with Crippen LogP contribution in [0.15, 0.2) is 5.38 Å². The van der Waals surface area contributed by atoms with Crippen molar-refractivity contribution in [3.63, 3.8) is 0 Å². The molecule has 52 valence electrons. The van der Waals surface area contributed by atoms with Gasteiger partial charge in [-0.1, -0.05) is 0 Å². The van der Waals surface area contributed by atoms with Gasteiger partial charge in [0.25, 0.3) is 0 Å². The van der Waals surface area contributed by atoms with E-state index in [1.165, 1.54) is 16.9 Å². The van der Waals surface area contributed by atoms with Gasteiger partial charge in [0.1, 0.15) is 10.6 Å². The van der Waals surface area contributed by atoms with Gasteiger partial charge in [0.2, 0.25) is 0 Å². The van der Waals surface area contributed by atoms with Crippen LogP contribution in [-0.2, 0) is 6.42 Å². The SMILES string of the molecule is O=Cc1scc2c1OCC2. The fraction of sp³-hybridized carbons (Fsp3) is 0.286. The Bertz CT molecular complexity index is 265. The highest BCUT2D eigenvalue weighted by Crippen LogP contribution is 2.33. The minimum Gasteiger partial charge on any atom is -0.491 e. The molecule has 0 atom stereocenters. The van der Waals surface area contributed by atoms with Gasteiger partial charge in [-0.05, 0) is 5.38 Å². The number of aldehydes is 1. The predicted molar refractivity (Wildman–Crippen MR) is 38.9 cm³/mol. The fourth-order valence-electron chi connectivity index (χ4n) is 1.08. The second-order valence-electron chi connectivity index (χ2n) is 2.17. The third kappa shape index (κ3) is 0.671. The molecule has 1 aromatic rings. The van der Waals surface area contributed by atoms with Crippen molar-refractivity contribution in [1.29, 1.82) is 0 Å². The number of fused-ring (bicyclic) bond motifs is 1. The molecule has 1 aliphatic heterocycles. The molecule has 1 aliphatic rings. The van der Waals surface area contributed by atoms with E-state index in [1.54, 1.807) is 0 Å². The second-order valence-corrected chi connectivity index (χ2v) is 3.08. The van der Waals surface area contributed by atoms with Crippen LogP contribution in [0.4, 0.5) is 0 Å². The summed E-state index contributed by atoms with van der Waals surface area (Å²) in [4.78, 5) is 11.1. The molecule has 2 nitrogen and oxygen atoms in total. The van der Waals surface area contributed by atoms with E-state index >= 15 is 0 Å². The molecule has 2 heterocycles. The van der Waals surface area contributed by atoms with Crippen molar-refractivity contribution in [3.8, 4) is 5.75 Å². The number of carbonyl (C=O) groups is 1. The van der Waals surface area contributed by atoms with Crippen LogP contribution in [0.25, 0.3) is 0 Å². The van der Waals surface area contributed by atoms with Crippen LogP contribution in [0.1, 0.15) is 15.2 Å². The Morgan fingerprint density at radius 3 is 3.40 bits per heavy atom. The molecule has 0 saturated heterocycles. The maximum Gasteiger partial charge on any atom is 0.163 e. The zero-order chi connectivity index (χ0) is 6.97. The van der Waals surface area contributed by atoms with Crippen molar-refractivity contribution >= 4 is 17.6 Å². The number of hydrogen-bond acceptors (Lipinski definition) is 3. The molecular weight excluding hydrogens is 148 g/mol. The van der Waals surface area contributed by atoms with Gasteiger partial charge in [-0.15, -0.1) is 11.3 Å². The van der Waals surface area contributed by atoms with E-state index < -0.39 is 0 Å². The highest BCUT2D eigenvalue weighted by atomic mass is 32.1. The van der Waals surface area contributed by atoms with Gasteiger partial charge in [0, 0.05) is 12.0 Å². The summed E-state index contributed by atoms with van der Waals surface area (Å²) in [6.07, 6.45) is 1.81. The van der Waals surface area contributed by atoms with E-state index in [4.69, 9.17) is 4.74 Å². The lowest BCUT2D eigenvalue weighted by Gasteiger charge is -1.92. The third-order valence-electron chi connectivity index (χ3n) is 1.57. The molecule has 0 aromatic carbocycles. The van der Waals surface area contributed by atoms with Crippen LogP contribution in [0, 0.1) is 0 Å². The van der Waals surface area contributed by atoms with Crippen molar-refractivity contribution in [2.45, 2.75) is 6.42 Å². The van der Waals surface area contributed by atoms with Gasteiger partial charge in [0.15, 0.2) is 6.29 Å². The highest BCUT2D eigenvalue weighted by Gasteiger charge is 2.17. The summed E-state index contributed by atoms with van der Waals surface area (Å²) >= 11 is 1.46. The molecule has 2 rings (SSSR count). The third-order valence-corrected chi connectivity index (χ3v) is 2.51. The lowest BCUT2D eigenvalue weighted by molar-refractivity contribution is 0.112. The van der Waals surface area contributed by atoms with E-state index in [9.17, 15) is 4.79 Å². The number of hydrogen-bond donors (Lipinski definition) is 0. The summed E-state index contributed by atoms with van der Waals surface area (Å²) in [6, 6.07) is 0. The quantitative estimate of drug-likeness (QED) is 0.573. The zero-order valence-corrected chi connectivity index (χ0v) is 6.11. The number of thiophene rings is 1. The molecule has 0 spiro atoms. The minimum atomic E-state index is 0.729.